The fourth-order valence-corrected chi connectivity index (χ4v) is 0.948. The van der Waals surface area contributed by atoms with Crippen LogP contribution in [0, 0.1) is 0 Å². The Morgan fingerprint density at radius 3 is 2.50 bits per heavy atom. The van der Waals surface area contributed by atoms with E-state index in [2.05, 4.69) is 0 Å². The zero-order valence-corrected chi connectivity index (χ0v) is 4.84. The van der Waals surface area contributed by atoms with Gasteiger partial charge in [-0.05, 0) is 0 Å². The van der Waals surface area contributed by atoms with Crippen LogP contribution in [0.15, 0.2) is 23.4 Å². The molecule has 0 aromatic rings. The van der Waals surface area contributed by atoms with E-state index < -0.39 is 0 Å². The Hall–Kier alpha value is -0.201. The molecule has 0 aromatic carbocycles. The molecule has 0 saturated heterocycles. The summed E-state index contributed by atoms with van der Waals surface area (Å²) in [7, 11) is 0. The van der Waals surface area contributed by atoms with Gasteiger partial charge in [-0.2, -0.15) is 0 Å². The summed E-state index contributed by atoms with van der Waals surface area (Å²) in [6.45, 7) is 0. The van der Waals surface area contributed by atoms with Crippen LogP contribution < -0.4 is 0 Å². The average molecular weight is 147 g/mol. The predicted octanol–water partition coefficient (Wildman–Crippen LogP) is 0.663. The van der Waals surface area contributed by atoms with Gasteiger partial charge in [0.2, 0.25) is 0 Å². The quantitative estimate of drug-likeness (QED) is 0.457. The number of hydrogen-bond acceptors (Lipinski definition) is 1. The molecule has 0 N–H and O–H groups in total. The minimum atomic E-state index is 0.286. The molecule has 0 aliphatic carbocycles. The van der Waals surface area contributed by atoms with Gasteiger partial charge in [-0.3, -0.25) is 0 Å². The van der Waals surface area contributed by atoms with Crippen molar-refractivity contribution in [2.45, 2.75) is 0 Å². The van der Waals surface area contributed by atoms with Gasteiger partial charge in [-0.25, -0.2) is 0 Å². The van der Waals surface area contributed by atoms with Gasteiger partial charge in [0.25, 0.3) is 0 Å². The average Bonchev–Trinajstić information content (AvgIpc) is 1.72. The first-order valence-electron chi connectivity index (χ1n) is 1.64. The van der Waals surface area contributed by atoms with Crippen LogP contribution in [0.2, 0.25) is 0 Å². The van der Waals surface area contributed by atoms with Gasteiger partial charge in [-0.15, -0.1) is 0 Å². The van der Waals surface area contributed by atoms with Crippen molar-refractivity contribution in [3.05, 3.63) is 23.4 Å². The molecule has 0 unspecified atom stereocenters. The number of rotatable bonds is 0. The minimum absolute atomic E-state index is 0.286. The Morgan fingerprint density at radius 2 is 2.33 bits per heavy atom. The summed E-state index contributed by atoms with van der Waals surface area (Å²) in [5.41, 5.74) is 0. The van der Waals surface area contributed by atoms with Gasteiger partial charge in [0.15, 0.2) is 0 Å². The molecule has 1 rings (SSSR count). The Kier molecular flexibility index (Phi) is 1.36. The predicted molar refractivity (Wildman–Crippen MR) is 25.1 cm³/mol. The van der Waals surface area contributed by atoms with E-state index in [0.29, 0.717) is 0 Å². The molecule has 0 amide bonds. The summed E-state index contributed by atoms with van der Waals surface area (Å²) in [6.07, 6.45) is 5.58. The molecule has 0 atom stereocenters. The maximum atomic E-state index is 4.86. The third kappa shape index (κ3) is 0.885. The van der Waals surface area contributed by atoms with Crippen molar-refractivity contribution in [3.8, 4) is 0 Å². The van der Waals surface area contributed by atoms with E-state index in [0.717, 1.165) is 0 Å². The molecule has 0 bridgehead atoms. The molecular weight excluding hydrogens is 143 g/mol. The van der Waals surface area contributed by atoms with Gasteiger partial charge in [0, 0.05) is 0 Å². The third-order valence-electron chi connectivity index (χ3n) is 0.435. The molecule has 0 radical (unpaired) electrons. The second-order valence-corrected chi connectivity index (χ2v) is 2.23. The van der Waals surface area contributed by atoms with E-state index >= 15 is 0 Å². The number of allylic oxidation sites excluding steroid dienone is 2. The second-order valence-electron chi connectivity index (χ2n) is 0.850. The van der Waals surface area contributed by atoms with Crippen LogP contribution in [-0.2, 0) is 3.82 Å². The first-order chi connectivity index (χ1) is 3.00. The first-order valence-corrected chi connectivity index (χ1v) is 3.33. The summed E-state index contributed by atoms with van der Waals surface area (Å²) in [6, 6.07) is 0. The van der Waals surface area contributed by atoms with E-state index in [-0.39, 0.29) is 15.3 Å². The van der Waals surface area contributed by atoms with Crippen molar-refractivity contribution in [1.29, 1.82) is 0 Å². The topological polar surface area (TPSA) is 9.23 Å². The van der Waals surface area contributed by atoms with E-state index in [1.807, 2.05) is 17.1 Å². The van der Waals surface area contributed by atoms with Crippen LogP contribution in [-0.4, -0.2) is 15.3 Å². The van der Waals surface area contributed by atoms with Crippen molar-refractivity contribution < 1.29 is 3.82 Å². The zero-order chi connectivity index (χ0) is 4.24. The van der Waals surface area contributed by atoms with E-state index in [1.54, 1.807) is 6.26 Å². The molecular formula is C4H4OSe. The maximum absolute atomic E-state index is 4.86. The van der Waals surface area contributed by atoms with Crippen LogP contribution in [0.3, 0.4) is 0 Å². The van der Waals surface area contributed by atoms with E-state index in [4.69, 9.17) is 3.82 Å². The first kappa shape index (κ1) is 3.97. The fourth-order valence-electron chi connectivity index (χ4n) is 0.219. The molecule has 0 aromatic heterocycles. The molecule has 1 heterocycles. The molecule has 1 aliphatic rings. The van der Waals surface area contributed by atoms with Gasteiger partial charge in [-0.1, -0.05) is 0 Å². The summed E-state index contributed by atoms with van der Waals surface area (Å²) in [4.78, 5) is 2.02. The molecule has 0 saturated carbocycles. The van der Waals surface area contributed by atoms with Gasteiger partial charge in [0.1, 0.15) is 0 Å². The molecule has 0 spiro atoms. The van der Waals surface area contributed by atoms with Crippen molar-refractivity contribution in [2.75, 3.05) is 0 Å². The molecule has 2 heteroatoms. The Balaban J connectivity index is 2.46. The van der Waals surface area contributed by atoms with Crippen molar-refractivity contribution in [3.63, 3.8) is 0 Å². The van der Waals surface area contributed by atoms with Gasteiger partial charge >= 0.3 is 42.5 Å². The molecule has 1 aliphatic heterocycles. The molecule has 6 heavy (non-hydrogen) atoms. The van der Waals surface area contributed by atoms with Crippen LogP contribution in [0.4, 0.5) is 0 Å². The van der Waals surface area contributed by atoms with Crippen LogP contribution in [0.1, 0.15) is 0 Å². The van der Waals surface area contributed by atoms with E-state index in [9.17, 15) is 0 Å². The Morgan fingerprint density at radius 1 is 1.33 bits per heavy atom. The Bertz CT molecular complexity index is 73.5. The number of hydrogen-bond donors (Lipinski definition) is 0. The molecule has 0 fully saturated rings. The Labute approximate surface area is 43.2 Å². The standard InChI is InChI=1S/C4H4OSe/c1-2-4-6-5-3-1/h1-4H. The summed E-state index contributed by atoms with van der Waals surface area (Å²) in [5.74, 6) is 0. The third-order valence-corrected chi connectivity index (χ3v) is 1.46. The van der Waals surface area contributed by atoms with Crippen LogP contribution >= 0.6 is 0 Å². The normalized spacial score (nSPS) is 17.3. The summed E-state index contributed by atoms with van der Waals surface area (Å²) >= 11 is 0.286. The van der Waals surface area contributed by atoms with Crippen LogP contribution in [0.25, 0.3) is 0 Å². The molecule has 32 valence electrons. The summed E-state index contributed by atoms with van der Waals surface area (Å²) < 4.78 is 4.86. The SMILES string of the molecule is C1=CO[Se]C=C1. The van der Waals surface area contributed by atoms with E-state index in [1.165, 1.54) is 0 Å². The van der Waals surface area contributed by atoms with Crippen molar-refractivity contribution in [2.24, 2.45) is 0 Å². The van der Waals surface area contributed by atoms with Crippen molar-refractivity contribution in [1.82, 2.24) is 0 Å². The van der Waals surface area contributed by atoms with Gasteiger partial charge < -0.3 is 0 Å². The fraction of sp³-hybridized carbons (Fsp3) is 0. The van der Waals surface area contributed by atoms with Crippen molar-refractivity contribution >= 4 is 15.3 Å². The van der Waals surface area contributed by atoms with Crippen LogP contribution in [0.5, 0.6) is 0 Å². The monoisotopic (exact) mass is 148 g/mol. The zero-order valence-electron chi connectivity index (χ0n) is 3.13. The molecule has 1 nitrogen and oxygen atoms in total. The van der Waals surface area contributed by atoms with Gasteiger partial charge in [0.05, 0.1) is 0 Å². The summed E-state index contributed by atoms with van der Waals surface area (Å²) in [5, 5.41) is 0. The second kappa shape index (κ2) is 2.06.